The van der Waals surface area contributed by atoms with Crippen molar-refractivity contribution in [3.05, 3.63) is 0 Å². The molecule has 0 amide bonds. The number of ketones is 1. The monoisotopic (exact) mass is 458 g/mol. The fourth-order valence-corrected chi connectivity index (χ4v) is 11.1. The van der Waals surface area contributed by atoms with Gasteiger partial charge in [0.05, 0.1) is 0 Å². The highest BCUT2D eigenvalue weighted by Gasteiger charge is 2.72. The third-order valence-electron chi connectivity index (χ3n) is 13.8. The Labute approximate surface area is 202 Å². The SMILES string of the molecule is C[C@H]1[C@H](O)C(=O)C[C@@H]2[C@]1(C)CC[C@H]1[C@@]2(CO)CC[C@@]2(C)[C@@H]3CC(C)(C)CC[C@]3(C)CC[C@]12C. The van der Waals surface area contributed by atoms with Crippen molar-refractivity contribution in [2.24, 2.45) is 56.2 Å². The second kappa shape index (κ2) is 7.09. The van der Waals surface area contributed by atoms with Crippen LogP contribution in [0.1, 0.15) is 113 Å². The minimum Gasteiger partial charge on any atom is -0.396 e. The van der Waals surface area contributed by atoms with Crippen LogP contribution in [0.15, 0.2) is 0 Å². The molecule has 188 valence electrons. The molecule has 5 rings (SSSR count). The summed E-state index contributed by atoms with van der Waals surface area (Å²) in [7, 11) is 0. The zero-order valence-electron chi connectivity index (χ0n) is 22.5. The lowest BCUT2D eigenvalue weighted by atomic mass is 9.30. The number of aliphatic hydroxyl groups is 2. The first-order valence-corrected chi connectivity index (χ1v) is 14.0. The van der Waals surface area contributed by atoms with E-state index in [0.29, 0.717) is 28.6 Å². The second-order valence-electron chi connectivity index (χ2n) is 15.4. The lowest BCUT2D eigenvalue weighted by Gasteiger charge is -2.75. The maximum atomic E-state index is 12.9. The molecule has 10 atom stereocenters. The molecule has 3 heteroatoms. The number of aliphatic hydroxyl groups excluding tert-OH is 2. The Bertz CT molecular complexity index is 834. The fraction of sp³-hybridized carbons (Fsp3) is 0.967. The first-order valence-electron chi connectivity index (χ1n) is 14.0. The molecule has 5 aliphatic rings. The molecule has 33 heavy (non-hydrogen) atoms. The average Bonchev–Trinajstić information content (AvgIpc) is 2.76. The van der Waals surface area contributed by atoms with Crippen LogP contribution in [0, 0.1) is 56.2 Å². The van der Waals surface area contributed by atoms with Crippen LogP contribution in [-0.4, -0.2) is 28.7 Å². The van der Waals surface area contributed by atoms with E-state index in [4.69, 9.17) is 0 Å². The Hall–Kier alpha value is -0.410. The van der Waals surface area contributed by atoms with Gasteiger partial charge >= 0.3 is 0 Å². The highest BCUT2D eigenvalue weighted by atomic mass is 16.3. The van der Waals surface area contributed by atoms with Crippen LogP contribution in [0.2, 0.25) is 0 Å². The van der Waals surface area contributed by atoms with Gasteiger partial charge in [-0.1, -0.05) is 48.5 Å². The molecule has 0 unspecified atom stereocenters. The molecule has 0 aliphatic heterocycles. The molecule has 0 aromatic rings. The maximum absolute atomic E-state index is 12.9. The van der Waals surface area contributed by atoms with Gasteiger partial charge in [0.1, 0.15) is 6.10 Å². The lowest BCUT2D eigenvalue weighted by Crippen LogP contribution is -2.70. The quantitative estimate of drug-likeness (QED) is 0.478. The van der Waals surface area contributed by atoms with Crippen molar-refractivity contribution >= 4 is 5.78 Å². The molecule has 5 aliphatic carbocycles. The zero-order valence-corrected chi connectivity index (χ0v) is 22.5. The molecule has 0 aromatic carbocycles. The molecule has 0 aromatic heterocycles. The Balaban J connectivity index is 1.58. The van der Waals surface area contributed by atoms with Crippen LogP contribution in [0.25, 0.3) is 0 Å². The van der Waals surface area contributed by atoms with Crippen LogP contribution in [-0.2, 0) is 4.79 Å². The van der Waals surface area contributed by atoms with Gasteiger partial charge in [-0.3, -0.25) is 4.79 Å². The van der Waals surface area contributed by atoms with Gasteiger partial charge in [0.25, 0.3) is 0 Å². The van der Waals surface area contributed by atoms with E-state index in [0.717, 1.165) is 25.2 Å². The number of fused-ring (bicyclic) bond motifs is 7. The minimum absolute atomic E-state index is 0.0159. The molecule has 0 spiro atoms. The van der Waals surface area contributed by atoms with Gasteiger partial charge in [0.15, 0.2) is 5.78 Å². The van der Waals surface area contributed by atoms with Crippen LogP contribution >= 0.6 is 0 Å². The molecular formula is C30H50O3. The number of hydrogen-bond donors (Lipinski definition) is 2. The van der Waals surface area contributed by atoms with Crippen molar-refractivity contribution in [1.82, 2.24) is 0 Å². The van der Waals surface area contributed by atoms with Gasteiger partial charge in [-0.05, 0) is 109 Å². The first kappa shape index (κ1) is 24.3. The molecule has 0 saturated heterocycles. The Morgan fingerprint density at radius 1 is 0.818 bits per heavy atom. The minimum atomic E-state index is -0.831. The van der Waals surface area contributed by atoms with Gasteiger partial charge in [0, 0.05) is 18.4 Å². The Morgan fingerprint density at radius 2 is 1.42 bits per heavy atom. The third-order valence-corrected chi connectivity index (χ3v) is 13.8. The molecular weight excluding hydrogens is 408 g/mol. The zero-order chi connectivity index (χ0) is 24.2. The van der Waals surface area contributed by atoms with E-state index in [2.05, 4.69) is 48.5 Å². The summed E-state index contributed by atoms with van der Waals surface area (Å²) in [6, 6.07) is 0. The molecule has 2 N–H and O–H groups in total. The van der Waals surface area contributed by atoms with Crippen molar-refractivity contribution in [2.45, 2.75) is 119 Å². The highest BCUT2D eigenvalue weighted by molar-refractivity contribution is 5.84. The fourth-order valence-electron chi connectivity index (χ4n) is 11.1. The van der Waals surface area contributed by atoms with Gasteiger partial charge in [0.2, 0.25) is 0 Å². The predicted octanol–water partition coefficient (Wildman–Crippen LogP) is 6.40. The number of Topliss-reactive ketones (excluding diaryl/α,β-unsaturated/α-hetero) is 1. The molecule has 3 nitrogen and oxygen atoms in total. The Kier molecular flexibility index (Phi) is 5.22. The van der Waals surface area contributed by atoms with Crippen molar-refractivity contribution in [1.29, 1.82) is 0 Å². The van der Waals surface area contributed by atoms with E-state index >= 15 is 0 Å². The normalized spacial score (nSPS) is 58.0. The van der Waals surface area contributed by atoms with Gasteiger partial charge in [-0.2, -0.15) is 0 Å². The summed E-state index contributed by atoms with van der Waals surface area (Å²) in [5.74, 6) is 1.39. The van der Waals surface area contributed by atoms with Crippen LogP contribution in [0.3, 0.4) is 0 Å². The topological polar surface area (TPSA) is 57.5 Å². The van der Waals surface area contributed by atoms with E-state index in [-0.39, 0.29) is 40.5 Å². The van der Waals surface area contributed by atoms with Crippen LogP contribution in [0.4, 0.5) is 0 Å². The van der Waals surface area contributed by atoms with Crippen LogP contribution in [0.5, 0.6) is 0 Å². The summed E-state index contributed by atoms with van der Waals surface area (Å²) in [5.41, 5.74) is 1.12. The molecule has 0 radical (unpaired) electrons. The third kappa shape index (κ3) is 2.90. The van der Waals surface area contributed by atoms with E-state index in [9.17, 15) is 15.0 Å². The van der Waals surface area contributed by atoms with E-state index in [1.165, 1.54) is 38.5 Å². The predicted molar refractivity (Wildman–Crippen MR) is 133 cm³/mol. The van der Waals surface area contributed by atoms with Gasteiger partial charge < -0.3 is 10.2 Å². The molecule has 0 bridgehead atoms. The number of carbonyl (C=O) groups is 1. The average molecular weight is 459 g/mol. The standard InChI is InChI=1S/C30H50O3/c1-19-24(33)20(32)16-22-27(19,5)9-8-21-28(6)13-12-26(4)11-10-25(2,3)17-23(26)29(28,7)14-15-30(21,22)18-31/h19,21-24,31,33H,8-18H2,1-7H3/t19-,21+,22+,23+,24-,26+,27+,28+,29-,30-/m0/s1. The van der Waals surface area contributed by atoms with Crippen molar-refractivity contribution < 1.29 is 15.0 Å². The smallest absolute Gasteiger partial charge is 0.161 e. The van der Waals surface area contributed by atoms with Gasteiger partial charge in [-0.15, -0.1) is 0 Å². The van der Waals surface area contributed by atoms with Crippen molar-refractivity contribution in [3.8, 4) is 0 Å². The first-order chi connectivity index (χ1) is 15.2. The van der Waals surface area contributed by atoms with Crippen LogP contribution < -0.4 is 0 Å². The summed E-state index contributed by atoms with van der Waals surface area (Å²) in [6.45, 7) is 17.4. The van der Waals surface area contributed by atoms with E-state index in [1.807, 2.05) is 0 Å². The summed E-state index contributed by atoms with van der Waals surface area (Å²) >= 11 is 0. The number of carbonyl (C=O) groups excluding carboxylic acids is 1. The molecule has 5 fully saturated rings. The van der Waals surface area contributed by atoms with E-state index < -0.39 is 6.10 Å². The highest BCUT2D eigenvalue weighted by Crippen LogP contribution is 2.78. The van der Waals surface area contributed by atoms with Crippen molar-refractivity contribution in [3.63, 3.8) is 0 Å². The summed E-state index contributed by atoms with van der Waals surface area (Å²) < 4.78 is 0. The second-order valence-corrected chi connectivity index (χ2v) is 15.4. The summed E-state index contributed by atoms with van der Waals surface area (Å²) in [6.07, 6.45) is 10.7. The lowest BCUT2D eigenvalue weighted by molar-refractivity contribution is -0.272. The van der Waals surface area contributed by atoms with Crippen molar-refractivity contribution in [2.75, 3.05) is 6.61 Å². The summed E-state index contributed by atoms with van der Waals surface area (Å²) in [4.78, 5) is 12.9. The van der Waals surface area contributed by atoms with E-state index in [1.54, 1.807) is 0 Å². The number of hydrogen-bond acceptors (Lipinski definition) is 3. The Morgan fingerprint density at radius 3 is 2.09 bits per heavy atom. The maximum Gasteiger partial charge on any atom is 0.161 e. The number of rotatable bonds is 1. The summed E-state index contributed by atoms with van der Waals surface area (Å²) in [5, 5.41) is 21.8. The molecule has 5 saturated carbocycles. The van der Waals surface area contributed by atoms with Gasteiger partial charge in [-0.25, -0.2) is 0 Å². The molecule has 0 heterocycles. The largest absolute Gasteiger partial charge is 0.396 e.